The molecule has 0 saturated carbocycles. The molecule has 0 bridgehead atoms. The minimum atomic E-state index is -4.86. The number of allylic oxidation sites excluding steroid dienone is 2. The predicted molar refractivity (Wildman–Crippen MR) is 44.8 cm³/mol. The minimum absolute atomic E-state index is 0.331. The third-order valence-electron chi connectivity index (χ3n) is 1.93. The van der Waals surface area contributed by atoms with E-state index in [2.05, 4.69) is 9.47 Å². The highest BCUT2D eigenvalue weighted by molar-refractivity contribution is 5.31. The molecule has 2 nitrogen and oxygen atoms in total. The highest BCUT2D eigenvalue weighted by atomic mass is 19.4. The number of hydrogen-bond donors (Lipinski definition) is 0. The first-order valence-electron chi connectivity index (χ1n) is 4.56. The molecule has 0 fully saturated rings. The van der Waals surface area contributed by atoms with E-state index in [1.54, 1.807) is 0 Å². The summed E-state index contributed by atoms with van der Waals surface area (Å²) in [5, 5.41) is 0. The highest BCUT2D eigenvalue weighted by Crippen LogP contribution is 2.33. The van der Waals surface area contributed by atoms with Gasteiger partial charge in [-0.3, -0.25) is 0 Å². The van der Waals surface area contributed by atoms with E-state index in [-0.39, 0.29) is 0 Å². The van der Waals surface area contributed by atoms with Gasteiger partial charge in [-0.2, -0.15) is 30.7 Å². The van der Waals surface area contributed by atoms with Gasteiger partial charge in [-0.15, -0.1) is 0 Å². The van der Waals surface area contributed by atoms with Crippen molar-refractivity contribution < 1.29 is 40.2 Å². The van der Waals surface area contributed by atoms with Gasteiger partial charge < -0.3 is 9.47 Å². The van der Waals surface area contributed by atoms with Crippen molar-refractivity contribution in [1.29, 1.82) is 0 Å². The van der Waals surface area contributed by atoms with Gasteiger partial charge in [0.15, 0.2) is 0 Å². The van der Waals surface area contributed by atoms with Crippen LogP contribution in [0, 0.1) is 0 Å². The van der Waals surface area contributed by atoms with Crippen molar-refractivity contribution >= 4 is 0 Å². The monoisotopic (exact) mass is 280 g/mol. The molecule has 0 aromatic rings. The molecular weight excluding hydrogens is 273 g/mol. The van der Waals surface area contributed by atoms with Gasteiger partial charge in [-0.1, -0.05) is 0 Å². The lowest BCUT2D eigenvalue weighted by atomic mass is 10.0. The zero-order chi connectivity index (χ0) is 13.9. The summed E-state index contributed by atoms with van der Waals surface area (Å²) in [5.41, 5.74) is -1.37. The number of ether oxygens (including phenoxy) is 2. The van der Waals surface area contributed by atoms with Gasteiger partial charge in [-0.05, 0) is 12.2 Å². The zero-order valence-electron chi connectivity index (χ0n) is 8.56. The maximum Gasteiger partial charge on any atom is 0.416 e. The van der Waals surface area contributed by atoms with Crippen LogP contribution in [0.4, 0.5) is 30.7 Å². The first-order valence-corrected chi connectivity index (χ1v) is 4.56. The molecule has 0 spiro atoms. The summed E-state index contributed by atoms with van der Waals surface area (Å²) >= 11 is 0. The molecule has 0 aliphatic heterocycles. The Labute approximate surface area is 96.7 Å². The van der Waals surface area contributed by atoms with Crippen LogP contribution in [0.2, 0.25) is 0 Å². The SMILES string of the molecule is FC(F)OC1=CC(C(F)(F)F)=CC(OC(F)F)C1. The lowest BCUT2D eigenvalue weighted by molar-refractivity contribution is -0.159. The van der Waals surface area contributed by atoms with Gasteiger partial charge in [0, 0.05) is 6.42 Å². The second-order valence-corrected chi connectivity index (χ2v) is 3.25. The van der Waals surface area contributed by atoms with Gasteiger partial charge in [0.05, 0.1) is 11.7 Å². The Hall–Kier alpha value is -1.25. The molecule has 0 aromatic carbocycles. The Bertz CT molecular complexity index is 345. The smallest absolute Gasteiger partial charge is 0.416 e. The molecular formula is C9H7F7O2. The van der Waals surface area contributed by atoms with Crippen LogP contribution in [0.1, 0.15) is 6.42 Å². The molecule has 0 saturated heterocycles. The number of alkyl halides is 7. The van der Waals surface area contributed by atoms with Gasteiger partial charge in [0.1, 0.15) is 5.76 Å². The fourth-order valence-corrected chi connectivity index (χ4v) is 1.33. The standard InChI is InChI=1S/C9H7F7O2/c10-7(11)17-5-1-4(9(14,15)16)2-6(3-5)18-8(12)13/h1-2,5,7-8H,3H2. The molecule has 0 aromatic heterocycles. The minimum Gasteiger partial charge on any atom is -0.439 e. The molecule has 1 unspecified atom stereocenters. The quantitative estimate of drug-likeness (QED) is 0.732. The number of rotatable bonds is 4. The average molecular weight is 280 g/mol. The first kappa shape index (κ1) is 14.8. The molecule has 0 radical (unpaired) electrons. The normalized spacial score (nSPS) is 21.1. The van der Waals surface area contributed by atoms with Crippen LogP contribution in [0.25, 0.3) is 0 Å². The molecule has 0 amide bonds. The summed E-state index contributed by atoms with van der Waals surface area (Å²) < 4.78 is 92.3. The van der Waals surface area contributed by atoms with Crippen molar-refractivity contribution in [3.8, 4) is 0 Å². The van der Waals surface area contributed by atoms with Crippen molar-refractivity contribution in [2.45, 2.75) is 31.9 Å². The molecule has 1 aliphatic carbocycles. The number of halogens is 7. The molecule has 104 valence electrons. The molecule has 1 atom stereocenters. The van der Waals surface area contributed by atoms with Gasteiger partial charge in [0.25, 0.3) is 0 Å². The molecule has 0 heterocycles. The van der Waals surface area contributed by atoms with Crippen molar-refractivity contribution in [1.82, 2.24) is 0 Å². The lowest BCUT2D eigenvalue weighted by Crippen LogP contribution is -2.23. The van der Waals surface area contributed by atoms with Crippen molar-refractivity contribution in [2.75, 3.05) is 0 Å². The molecule has 0 N–H and O–H groups in total. The Morgan fingerprint density at radius 2 is 1.72 bits per heavy atom. The zero-order valence-corrected chi connectivity index (χ0v) is 8.56. The summed E-state index contributed by atoms with van der Waals surface area (Å²) in [6.45, 7) is -6.65. The third kappa shape index (κ3) is 4.55. The van der Waals surface area contributed by atoms with Crippen LogP contribution in [0.15, 0.2) is 23.5 Å². The van der Waals surface area contributed by atoms with E-state index < -0.39 is 43.3 Å². The Morgan fingerprint density at radius 1 is 1.11 bits per heavy atom. The van der Waals surface area contributed by atoms with Crippen LogP contribution >= 0.6 is 0 Å². The van der Waals surface area contributed by atoms with Gasteiger partial charge in [0.2, 0.25) is 0 Å². The summed E-state index contributed by atoms with van der Waals surface area (Å²) in [5.74, 6) is -0.759. The van der Waals surface area contributed by atoms with Crippen LogP contribution in [-0.2, 0) is 9.47 Å². The Kier molecular flexibility index (Phi) is 4.60. The van der Waals surface area contributed by atoms with E-state index in [0.717, 1.165) is 0 Å². The fraction of sp³-hybridized carbons (Fsp3) is 0.556. The Morgan fingerprint density at radius 3 is 2.17 bits per heavy atom. The maximum absolute atomic E-state index is 12.4. The largest absolute Gasteiger partial charge is 0.439 e. The van der Waals surface area contributed by atoms with E-state index in [0.29, 0.717) is 12.2 Å². The first-order chi connectivity index (χ1) is 8.18. The topological polar surface area (TPSA) is 18.5 Å². The van der Waals surface area contributed by atoms with Crippen LogP contribution in [0.5, 0.6) is 0 Å². The second-order valence-electron chi connectivity index (χ2n) is 3.25. The van der Waals surface area contributed by atoms with E-state index >= 15 is 0 Å². The Balaban J connectivity index is 2.89. The lowest BCUT2D eigenvalue weighted by Gasteiger charge is -2.22. The van der Waals surface area contributed by atoms with E-state index in [9.17, 15) is 30.7 Å². The van der Waals surface area contributed by atoms with Gasteiger partial charge in [-0.25, -0.2) is 0 Å². The average Bonchev–Trinajstić information content (AvgIpc) is 2.13. The van der Waals surface area contributed by atoms with Crippen molar-refractivity contribution in [2.24, 2.45) is 0 Å². The second kappa shape index (κ2) is 5.59. The van der Waals surface area contributed by atoms with Gasteiger partial charge >= 0.3 is 19.4 Å². The van der Waals surface area contributed by atoms with E-state index in [4.69, 9.17) is 0 Å². The molecule has 1 rings (SSSR count). The third-order valence-corrected chi connectivity index (χ3v) is 1.93. The highest BCUT2D eigenvalue weighted by Gasteiger charge is 2.36. The predicted octanol–water partition coefficient (Wildman–Crippen LogP) is 3.61. The molecule has 18 heavy (non-hydrogen) atoms. The van der Waals surface area contributed by atoms with Crippen LogP contribution < -0.4 is 0 Å². The number of hydrogen-bond acceptors (Lipinski definition) is 2. The van der Waals surface area contributed by atoms with Crippen LogP contribution in [-0.4, -0.2) is 25.5 Å². The molecule has 1 aliphatic rings. The van der Waals surface area contributed by atoms with Crippen molar-refractivity contribution in [3.05, 3.63) is 23.5 Å². The van der Waals surface area contributed by atoms with Crippen molar-refractivity contribution in [3.63, 3.8) is 0 Å². The summed E-state index contributed by atoms with van der Waals surface area (Å²) in [6, 6.07) is 0. The van der Waals surface area contributed by atoms with E-state index in [1.165, 1.54) is 0 Å². The summed E-state index contributed by atoms with van der Waals surface area (Å²) in [6.07, 6.45) is -6.42. The molecule has 9 heteroatoms. The van der Waals surface area contributed by atoms with E-state index in [1.807, 2.05) is 0 Å². The summed E-state index contributed by atoms with van der Waals surface area (Å²) in [4.78, 5) is 0. The fourth-order valence-electron chi connectivity index (χ4n) is 1.33. The maximum atomic E-state index is 12.4. The summed E-state index contributed by atoms with van der Waals surface area (Å²) in [7, 11) is 0. The van der Waals surface area contributed by atoms with Crippen LogP contribution in [0.3, 0.4) is 0 Å².